The highest BCUT2D eigenvalue weighted by atomic mass is 16.5. The zero-order chi connectivity index (χ0) is 23.5. The lowest BCUT2D eigenvalue weighted by Gasteiger charge is -2.14. The number of carbonyl (C=O) groups is 2. The average Bonchev–Trinajstić information content (AvgIpc) is 2.76. The molecule has 0 aliphatic carbocycles. The molecule has 1 rings (SSSR count). The second kappa shape index (κ2) is 18.0. The van der Waals surface area contributed by atoms with Crippen molar-refractivity contribution in [1.82, 2.24) is 10.3 Å². The summed E-state index contributed by atoms with van der Waals surface area (Å²) in [4.78, 5) is 22.6. The highest BCUT2D eigenvalue weighted by molar-refractivity contribution is 5.94. The molecule has 0 fully saturated rings. The van der Waals surface area contributed by atoms with Gasteiger partial charge in [-0.3, -0.25) is 9.59 Å². The molecule has 2 amide bonds. The first-order valence-corrected chi connectivity index (χ1v) is 10.1. The van der Waals surface area contributed by atoms with Gasteiger partial charge < -0.3 is 41.7 Å². The second-order valence-electron chi connectivity index (χ2n) is 5.90. The van der Waals surface area contributed by atoms with Crippen molar-refractivity contribution in [3.63, 3.8) is 0 Å². The number of nitrogen functional groups attached to an aromatic ring is 1. The zero-order valence-electron chi connectivity index (χ0n) is 18.3. The van der Waals surface area contributed by atoms with E-state index >= 15 is 0 Å². The van der Waals surface area contributed by atoms with Gasteiger partial charge in [0, 0.05) is 24.0 Å². The lowest BCUT2D eigenvalue weighted by Crippen LogP contribution is -2.32. The van der Waals surface area contributed by atoms with Crippen molar-refractivity contribution in [2.24, 2.45) is 17.3 Å². The second-order valence-corrected chi connectivity index (χ2v) is 5.90. The first kappa shape index (κ1) is 28.1. The van der Waals surface area contributed by atoms with Crippen molar-refractivity contribution in [2.45, 2.75) is 13.8 Å². The van der Waals surface area contributed by atoms with Crippen molar-refractivity contribution in [3.05, 3.63) is 41.7 Å². The van der Waals surface area contributed by atoms with Crippen molar-refractivity contribution >= 4 is 17.5 Å². The maximum Gasteiger partial charge on any atom is 0.266 e. The van der Waals surface area contributed by atoms with Crippen LogP contribution in [0.1, 0.15) is 24.2 Å². The van der Waals surface area contributed by atoms with E-state index in [2.05, 4.69) is 5.32 Å². The van der Waals surface area contributed by atoms with Crippen LogP contribution in [0.25, 0.3) is 0 Å². The summed E-state index contributed by atoms with van der Waals surface area (Å²) in [5, 5.41) is 3.98. The third-order valence-electron chi connectivity index (χ3n) is 3.53. The molecule has 31 heavy (non-hydrogen) atoms. The van der Waals surface area contributed by atoms with E-state index in [0.29, 0.717) is 64.0 Å². The highest BCUT2D eigenvalue weighted by Gasteiger charge is 2.04. The summed E-state index contributed by atoms with van der Waals surface area (Å²) >= 11 is 0. The van der Waals surface area contributed by atoms with Crippen LogP contribution < -0.4 is 28.4 Å². The molecule has 9 N–H and O–H groups in total. The number of amides is 2. The number of hydrogen-bond donors (Lipinski definition) is 5. The first-order chi connectivity index (χ1) is 14.9. The van der Waals surface area contributed by atoms with Crippen LogP contribution in [0.5, 0.6) is 0 Å². The Morgan fingerprint density at radius 1 is 0.935 bits per heavy atom. The Bertz CT molecular complexity index is 654. The number of rotatable bonds is 15. The topological polar surface area (TPSA) is 181 Å². The number of anilines is 1. The number of hydrogen-bond acceptors (Lipinski definition) is 9. The van der Waals surface area contributed by atoms with E-state index < -0.39 is 5.91 Å². The van der Waals surface area contributed by atoms with Crippen LogP contribution >= 0.6 is 0 Å². The molecule has 1 aromatic rings. The molecular formula is C20H36N6O5. The van der Waals surface area contributed by atoms with Gasteiger partial charge in [-0.15, -0.1) is 0 Å². The number of nitrogens with two attached hydrogens (primary N) is 4. The lowest BCUT2D eigenvalue weighted by molar-refractivity contribution is -0.114. The van der Waals surface area contributed by atoms with Gasteiger partial charge in [0.2, 0.25) is 0 Å². The fourth-order valence-corrected chi connectivity index (χ4v) is 1.99. The Morgan fingerprint density at radius 2 is 1.45 bits per heavy atom. The minimum atomic E-state index is -0.735. The van der Waals surface area contributed by atoms with E-state index in [1.165, 1.54) is 11.2 Å². The molecule has 11 nitrogen and oxygen atoms in total. The van der Waals surface area contributed by atoms with Crippen LogP contribution in [0.3, 0.4) is 0 Å². The third-order valence-corrected chi connectivity index (χ3v) is 3.53. The molecule has 11 heteroatoms. The van der Waals surface area contributed by atoms with Crippen LogP contribution in [0.15, 0.2) is 36.2 Å². The minimum absolute atomic E-state index is 0.124. The SMILES string of the molecule is CC.NC(=O)/C(N)=C/N(N)CCOCCOCCOCCNC(=O)c1ccc(N)cc1. The molecule has 0 spiro atoms. The molecule has 0 aromatic heterocycles. The first-order valence-electron chi connectivity index (χ1n) is 10.1. The van der Waals surface area contributed by atoms with Gasteiger partial charge >= 0.3 is 0 Å². The maximum absolute atomic E-state index is 11.9. The number of benzene rings is 1. The summed E-state index contributed by atoms with van der Waals surface area (Å²) < 4.78 is 16.1. The summed E-state index contributed by atoms with van der Waals surface area (Å²) in [5.74, 6) is 4.69. The molecule has 0 aliphatic rings. The quantitative estimate of drug-likeness (QED) is 0.0792. The predicted octanol–water partition coefficient (Wildman–Crippen LogP) is -0.464. The molecular weight excluding hydrogens is 404 g/mol. The van der Waals surface area contributed by atoms with Crippen LogP contribution in [0.2, 0.25) is 0 Å². The zero-order valence-corrected chi connectivity index (χ0v) is 18.3. The number of primary amides is 1. The van der Waals surface area contributed by atoms with Crippen LogP contribution in [0, 0.1) is 0 Å². The number of nitrogens with zero attached hydrogens (tertiary/aromatic N) is 1. The van der Waals surface area contributed by atoms with Crippen molar-refractivity contribution in [2.75, 3.05) is 58.5 Å². The summed E-state index contributed by atoms with van der Waals surface area (Å²) in [7, 11) is 0. The standard InChI is InChI=1S/C18H30N6O5.C2H6/c19-15-3-1-14(2-4-15)18(26)23-5-7-27-9-11-29-12-10-28-8-6-24(22)13-16(20)17(21)25;1-2/h1-4,13H,5-12,19-20,22H2,(H2,21,25)(H,23,26);1-2H3/b16-13-;. The van der Waals surface area contributed by atoms with Gasteiger partial charge in [-0.05, 0) is 24.3 Å². The predicted molar refractivity (Wildman–Crippen MR) is 119 cm³/mol. The van der Waals surface area contributed by atoms with Gasteiger partial charge in [0.15, 0.2) is 0 Å². The van der Waals surface area contributed by atoms with E-state index in [1.54, 1.807) is 24.3 Å². The number of nitrogens with one attached hydrogen (secondary N) is 1. The van der Waals surface area contributed by atoms with Crippen LogP contribution in [0.4, 0.5) is 5.69 Å². The van der Waals surface area contributed by atoms with Gasteiger partial charge in [-0.25, -0.2) is 5.84 Å². The van der Waals surface area contributed by atoms with Gasteiger partial charge in [0.25, 0.3) is 11.8 Å². The van der Waals surface area contributed by atoms with E-state index in [4.69, 9.17) is 37.3 Å². The molecule has 0 saturated heterocycles. The average molecular weight is 441 g/mol. The van der Waals surface area contributed by atoms with Crippen molar-refractivity contribution < 1.29 is 23.8 Å². The molecule has 0 bridgehead atoms. The molecule has 176 valence electrons. The van der Waals surface area contributed by atoms with Gasteiger partial charge in [-0.2, -0.15) is 0 Å². The maximum atomic E-state index is 11.9. The Labute approximate surface area is 183 Å². The van der Waals surface area contributed by atoms with E-state index in [1.807, 2.05) is 13.8 Å². The molecule has 0 radical (unpaired) electrons. The lowest BCUT2D eigenvalue weighted by atomic mass is 10.2. The monoisotopic (exact) mass is 440 g/mol. The normalized spacial score (nSPS) is 10.7. The van der Waals surface area contributed by atoms with Crippen LogP contribution in [-0.4, -0.2) is 69.6 Å². The van der Waals surface area contributed by atoms with Gasteiger partial charge in [0.1, 0.15) is 5.70 Å². The molecule has 1 aromatic carbocycles. The number of ether oxygens (including phenoxy) is 3. The van der Waals surface area contributed by atoms with E-state index in [-0.39, 0.29) is 11.6 Å². The fourth-order valence-electron chi connectivity index (χ4n) is 1.99. The summed E-state index contributed by atoms with van der Waals surface area (Å²) in [5.41, 5.74) is 17.0. The molecule has 0 heterocycles. The smallest absolute Gasteiger partial charge is 0.266 e. The van der Waals surface area contributed by atoms with Gasteiger partial charge in [0.05, 0.1) is 46.2 Å². The number of carbonyl (C=O) groups excluding carboxylic acids is 2. The van der Waals surface area contributed by atoms with Crippen molar-refractivity contribution in [1.29, 1.82) is 0 Å². The number of hydrazine groups is 1. The van der Waals surface area contributed by atoms with E-state index in [0.717, 1.165) is 0 Å². The summed E-state index contributed by atoms with van der Waals surface area (Å²) in [6.07, 6.45) is 1.25. The van der Waals surface area contributed by atoms with E-state index in [9.17, 15) is 9.59 Å². The fraction of sp³-hybridized carbons (Fsp3) is 0.500. The molecule has 0 atom stereocenters. The van der Waals surface area contributed by atoms with Crippen LogP contribution in [-0.2, 0) is 19.0 Å². The molecule has 0 aliphatic heterocycles. The third kappa shape index (κ3) is 14.7. The van der Waals surface area contributed by atoms with Gasteiger partial charge in [-0.1, -0.05) is 13.8 Å². The summed E-state index contributed by atoms with van der Waals surface area (Å²) in [6.45, 7) is 7.08. The Morgan fingerprint density at radius 3 is 2.00 bits per heavy atom. The molecule has 0 saturated carbocycles. The molecule has 0 unspecified atom stereocenters. The Hall–Kier alpha value is -2.86. The minimum Gasteiger partial charge on any atom is -0.399 e. The largest absolute Gasteiger partial charge is 0.399 e. The summed E-state index contributed by atoms with van der Waals surface area (Å²) in [6, 6.07) is 6.68. The highest BCUT2D eigenvalue weighted by Crippen LogP contribution is 2.04. The Balaban J connectivity index is 0.00000436. The van der Waals surface area contributed by atoms with Crippen molar-refractivity contribution in [3.8, 4) is 0 Å². The Kier molecular flexibility index (Phi) is 16.3.